The first-order valence-electron chi connectivity index (χ1n) is 16.1. The summed E-state index contributed by atoms with van der Waals surface area (Å²) in [6, 6.07) is 42.5. The van der Waals surface area contributed by atoms with Crippen LogP contribution in [0.2, 0.25) is 0 Å². The van der Waals surface area contributed by atoms with Crippen molar-refractivity contribution in [3.05, 3.63) is 171 Å². The molecule has 0 aliphatic rings. The second-order valence-corrected chi connectivity index (χ2v) is 12.1. The van der Waals surface area contributed by atoms with Crippen molar-refractivity contribution >= 4 is 21.9 Å². The zero-order valence-electron chi connectivity index (χ0n) is 26.4. The van der Waals surface area contributed by atoms with E-state index in [-0.39, 0.29) is 0 Å². The molecule has 230 valence electrons. The van der Waals surface area contributed by atoms with Gasteiger partial charge in [-0.1, -0.05) is 36.4 Å². The van der Waals surface area contributed by atoms with E-state index >= 15 is 0 Å². The molecule has 0 unspecified atom stereocenters. The van der Waals surface area contributed by atoms with Gasteiger partial charge in [0.05, 0.1) is 0 Å². The van der Waals surface area contributed by atoms with Crippen LogP contribution in [0, 0.1) is 0 Å². The minimum absolute atomic E-state index is 0.854. The van der Waals surface area contributed by atoms with Gasteiger partial charge in [0.25, 0.3) is 0 Å². The topological polar surface area (TPSA) is 64.7 Å². The van der Waals surface area contributed by atoms with Gasteiger partial charge in [0.15, 0.2) is 0 Å². The summed E-state index contributed by atoms with van der Waals surface area (Å²) in [6.45, 7) is 0. The first-order chi connectivity index (χ1) is 24.2. The van der Waals surface area contributed by atoms with Crippen molar-refractivity contribution in [2.45, 2.75) is 0 Å². The van der Waals surface area contributed by atoms with Gasteiger partial charge in [-0.05, 0) is 129 Å². The van der Waals surface area contributed by atoms with Crippen LogP contribution in [0.4, 0.5) is 0 Å². The van der Waals surface area contributed by atoms with Crippen LogP contribution >= 0.6 is 0 Å². The molecule has 0 saturated heterocycles. The monoisotopic (exact) mass is 628 g/mol. The van der Waals surface area contributed by atoms with Crippen LogP contribution in [-0.4, -0.2) is 19.9 Å². The SMILES string of the molecule is c1cncc(-c2cc(-c3cccnc3)cc(-c3ccc4oc5ccc(-c6cc(-c7cccnc7)cc(-c7cccnc7)c6)cc5c4c3)c2)c1. The first kappa shape index (κ1) is 28.5. The molecule has 0 aliphatic heterocycles. The van der Waals surface area contributed by atoms with Crippen LogP contribution in [0.1, 0.15) is 0 Å². The molecular formula is C44H28N4O. The first-order valence-corrected chi connectivity index (χ1v) is 16.1. The van der Waals surface area contributed by atoms with Crippen LogP contribution < -0.4 is 0 Å². The maximum Gasteiger partial charge on any atom is 0.135 e. The summed E-state index contributed by atoms with van der Waals surface area (Å²) in [5.74, 6) is 0. The molecule has 0 spiro atoms. The fourth-order valence-corrected chi connectivity index (χ4v) is 6.53. The van der Waals surface area contributed by atoms with Crippen molar-refractivity contribution < 1.29 is 4.42 Å². The van der Waals surface area contributed by atoms with Gasteiger partial charge >= 0.3 is 0 Å². The molecule has 0 N–H and O–H groups in total. The molecule has 0 bridgehead atoms. The fraction of sp³-hybridized carbons (Fsp3) is 0. The van der Waals surface area contributed by atoms with Gasteiger partial charge in [0, 0.05) is 82.6 Å². The third kappa shape index (κ3) is 5.53. The van der Waals surface area contributed by atoms with Crippen molar-refractivity contribution in [1.82, 2.24) is 19.9 Å². The van der Waals surface area contributed by atoms with E-state index in [9.17, 15) is 0 Å². The molecule has 5 nitrogen and oxygen atoms in total. The van der Waals surface area contributed by atoms with Crippen molar-refractivity contribution in [3.63, 3.8) is 0 Å². The third-order valence-corrected chi connectivity index (χ3v) is 8.98. The van der Waals surface area contributed by atoms with Crippen LogP contribution in [0.3, 0.4) is 0 Å². The summed E-state index contributed by atoms with van der Waals surface area (Å²) in [5.41, 5.74) is 14.8. The smallest absolute Gasteiger partial charge is 0.135 e. The number of benzene rings is 4. The molecule has 5 heteroatoms. The number of hydrogen-bond acceptors (Lipinski definition) is 5. The lowest BCUT2D eigenvalue weighted by Crippen LogP contribution is -1.87. The fourth-order valence-electron chi connectivity index (χ4n) is 6.53. The number of pyridine rings is 4. The molecule has 0 aliphatic carbocycles. The van der Waals surface area contributed by atoms with E-state index in [0.29, 0.717) is 0 Å². The average Bonchev–Trinajstić information content (AvgIpc) is 3.56. The Bertz CT molecular complexity index is 2290. The lowest BCUT2D eigenvalue weighted by Gasteiger charge is -2.11. The molecule has 5 heterocycles. The summed E-state index contributed by atoms with van der Waals surface area (Å²) < 4.78 is 6.37. The molecular weight excluding hydrogens is 601 g/mol. The number of nitrogens with zero attached hydrogens (tertiary/aromatic N) is 4. The Kier molecular flexibility index (Phi) is 7.06. The Morgan fingerprint density at radius 3 is 0.878 bits per heavy atom. The van der Waals surface area contributed by atoms with Crippen LogP contribution in [-0.2, 0) is 0 Å². The molecule has 0 atom stereocenters. The van der Waals surface area contributed by atoms with Gasteiger partial charge in [-0.3, -0.25) is 19.9 Å². The number of rotatable bonds is 6. The molecule has 0 fully saturated rings. The minimum atomic E-state index is 0.854. The molecule has 0 amide bonds. The predicted octanol–water partition coefficient (Wildman–Crippen LogP) is 11.2. The average molecular weight is 629 g/mol. The Morgan fingerprint density at radius 2 is 0.592 bits per heavy atom. The number of fused-ring (bicyclic) bond motifs is 3. The van der Waals surface area contributed by atoms with Gasteiger partial charge in [0.1, 0.15) is 11.2 Å². The molecule has 49 heavy (non-hydrogen) atoms. The normalized spacial score (nSPS) is 11.3. The van der Waals surface area contributed by atoms with Crippen LogP contribution in [0.5, 0.6) is 0 Å². The van der Waals surface area contributed by atoms with Crippen molar-refractivity contribution in [3.8, 4) is 66.8 Å². The second-order valence-electron chi connectivity index (χ2n) is 12.1. The van der Waals surface area contributed by atoms with E-state index in [1.165, 1.54) is 0 Å². The van der Waals surface area contributed by atoms with Crippen molar-refractivity contribution in [1.29, 1.82) is 0 Å². The predicted molar refractivity (Wildman–Crippen MR) is 198 cm³/mol. The highest BCUT2D eigenvalue weighted by atomic mass is 16.3. The van der Waals surface area contributed by atoms with Crippen molar-refractivity contribution in [2.24, 2.45) is 0 Å². The van der Waals surface area contributed by atoms with E-state index in [4.69, 9.17) is 4.42 Å². The van der Waals surface area contributed by atoms with E-state index in [2.05, 4.69) is 117 Å². The number of hydrogen-bond donors (Lipinski definition) is 0. The van der Waals surface area contributed by atoms with Gasteiger partial charge < -0.3 is 4.42 Å². The molecule has 5 aromatic heterocycles. The Labute approximate surface area is 283 Å². The second kappa shape index (κ2) is 12.1. The lowest BCUT2D eigenvalue weighted by atomic mass is 9.93. The van der Waals surface area contributed by atoms with Crippen molar-refractivity contribution in [2.75, 3.05) is 0 Å². The zero-order valence-corrected chi connectivity index (χ0v) is 26.4. The van der Waals surface area contributed by atoms with Gasteiger partial charge in [-0.2, -0.15) is 0 Å². The number of aromatic nitrogens is 4. The van der Waals surface area contributed by atoms with Crippen LogP contribution in [0.25, 0.3) is 88.7 Å². The Hall–Kier alpha value is -6.72. The van der Waals surface area contributed by atoms with E-state index in [0.717, 1.165) is 88.7 Å². The highest BCUT2D eigenvalue weighted by molar-refractivity contribution is 6.08. The maximum atomic E-state index is 6.37. The van der Waals surface area contributed by atoms with Crippen LogP contribution in [0.15, 0.2) is 175 Å². The lowest BCUT2D eigenvalue weighted by molar-refractivity contribution is 0.669. The summed E-state index contributed by atoms with van der Waals surface area (Å²) in [7, 11) is 0. The molecule has 0 saturated carbocycles. The molecule has 9 rings (SSSR count). The summed E-state index contributed by atoms with van der Waals surface area (Å²) in [5, 5.41) is 2.14. The van der Waals surface area contributed by atoms with Gasteiger partial charge in [-0.15, -0.1) is 0 Å². The molecule has 4 aromatic carbocycles. The number of furan rings is 1. The van der Waals surface area contributed by atoms with Gasteiger partial charge in [0.2, 0.25) is 0 Å². The molecule has 0 radical (unpaired) electrons. The van der Waals surface area contributed by atoms with Gasteiger partial charge in [-0.25, -0.2) is 0 Å². The Balaban J connectivity index is 1.19. The highest BCUT2D eigenvalue weighted by Gasteiger charge is 2.14. The maximum absolute atomic E-state index is 6.37. The standard InChI is InChI=1S/C44H28N4O/c1-5-31(25-45-13-1)37-17-35(18-38(21-37)32-6-2-14-46-26-32)29-9-11-43-41(23-29)42-24-30(10-12-44(42)49-43)36-19-39(33-7-3-15-47-27-33)22-40(20-36)34-8-4-16-48-28-34/h1-28H. The quantitative estimate of drug-likeness (QED) is 0.183. The minimum Gasteiger partial charge on any atom is -0.456 e. The summed E-state index contributed by atoms with van der Waals surface area (Å²) >= 11 is 0. The molecule has 9 aromatic rings. The highest BCUT2D eigenvalue weighted by Crippen LogP contribution is 2.39. The Morgan fingerprint density at radius 1 is 0.286 bits per heavy atom. The summed E-state index contributed by atoms with van der Waals surface area (Å²) in [6.07, 6.45) is 14.8. The van der Waals surface area contributed by atoms with E-state index in [1.807, 2.05) is 49.1 Å². The van der Waals surface area contributed by atoms with E-state index in [1.54, 1.807) is 24.8 Å². The third-order valence-electron chi connectivity index (χ3n) is 8.98. The largest absolute Gasteiger partial charge is 0.456 e. The summed E-state index contributed by atoms with van der Waals surface area (Å²) in [4.78, 5) is 17.5. The zero-order chi connectivity index (χ0) is 32.6. The van der Waals surface area contributed by atoms with E-state index < -0.39 is 0 Å².